The Morgan fingerprint density at radius 2 is 2.22 bits per heavy atom. The van der Waals surface area contributed by atoms with Gasteiger partial charge in [-0.25, -0.2) is 4.79 Å². The van der Waals surface area contributed by atoms with E-state index in [1.165, 1.54) is 12.0 Å². The molecule has 0 aromatic carbocycles. The molecule has 98 valence electrons. The van der Waals surface area contributed by atoms with Gasteiger partial charge in [-0.15, -0.1) is 0 Å². The molecule has 0 radical (unpaired) electrons. The van der Waals surface area contributed by atoms with E-state index in [9.17, 15) is 9.90 Å². The van der Waals surface area contributed by atoms with Gasteiger partial charge in [0.05, 0.1) is 0 Å². The van der Waals surface area contributed by atoms with Gasteiger partial charge in [0.2, 0.25) is 0 Å². The van der Waals surface area contributed by atoms with Crippen LogP contribution in [0.5, 0.6) is 0 Å². The van der Waals surface area contributed by atoms with Gasteiger partial charge in [0.1, 0.15) is 0 Å². The average Bonchev–Trinajstić information content (AvgIpc) is 2.50. The maximum atomic E-state index is 11.7. The first-order valence-electron chi connectivity index (χ1n) is 6.75. The average molecular weight is 248 g/mol. The number of aliphatic hydroxyl groups is 1. The summed E-state index contributed by atoms with van der Waals surface area (Å²) in [5.41, 5.74) is 2.70. The molecule has 1 N–H and O–H groups in total. The Balaban J connectivity index is 2.14. The molecule has 3 atom stereocenters. The van der Waals surface area contributed by atoms with E-state index in [1.54, 1.807) is 13.0 Å². The number of hydrogen-bond donors (Lipinski definition) is 1. The van der Waals surface area contributed by atoms with Crippen LogP contribution in [0.4, 0.5) is 0 Å². The second-order valence-corrected chi connectivity index (χ2v) is 6.25. The highest BCUT2D eigenvalue weighted by atomic mass is 16.7. The predicted molar refractivity (Wildman–Crippen MR) is 67.6 cm³/mol. The van der Waals surface area contributed by atoms with Gasteiger partial charge < -0.3 is 9.84 Å². The number of ether oxygens (including phenoxy) is 1. The number of fused-ring (bicyclic) bond motifs is 2. The lowest BCUT2D eigenvalue weighted by Gasteiger charge is -2.47. The van der Waals surface area contributed by atoms with Crippen LogP contribution < -0.4 is 0 Å². The Hall–Kier alpha value is -1.09. The topological polar surface area (TPSA) is 46.5 Å². The SMILES string of the molecule is CC1=C2C[C@@]3(C)C(=C[C@@]2(O)OC1=O)CCC[C@@H]3C. The van der Waals surface area contributed by atoms with E-state index in [4.69, 9.17) is 4.74 Å². The van der Waals surface area contributed by atoms with E-state index in [0.717, 1.165) is 24.8 Å². The Kier molecular flexibility index (Phi) is 2.31. The lowest BCUT2D eigenvalue weighted by atomic mass is 9.58. The molecule has 2 aliphatic carbocycles. The van der Waals surface area contributed by atoms with Crippen molar-refractivity contribution in [3.63, 3.8) is 0 Å². The van der Waals surface area contributed by atoms with E-state index in [2.05, 4.69) is 13.8 Å². The molecular weight excluding hydrogens is 228 g/mol. The van der Waals surface area contributed by atoms with Crippen molar-refractivity contribution in [1.29, 1.82) is 0 Å². The van der Waals surface area contributed by atoms with Crippen molar-refractivity contribution in [2.24, 2.45) is 11.3 Å². The second-order valence-electron chi connectivity index (χ2n) is 6.25. The van der Waals surface area contributed by atoms with Crippen molar-refractivity contribution < 1.29 is 14.6 Å². The normalized spacial score (nSPS) is 43.2. The molecule has 3 nitrogen and oxygen atoms in total. The molecule has 18 heavy (non-hydrogen) atoms. The molecule has 0 aromatic heterocycles. The number of hydrogen-bond acceptors (Lipinski definition) is 3. The molecule has 0 amide bonds. The van der Waals surface area contributed by atoms with Crippen LogP contribution in [0.1, 0.15) is 46.5 Å². The highest BCUT2D eigenvalue weighted by molar-refractivity contribution is 5.92. The molecule has 0 unspecified atom stereocenters. The van der Waals surface area contributed by atoms with E-state index in [-0.39, 0.29) is 11.4 Å². The third kappa shape index (κ3) is 1.37. The molecule has 0 bridgehead atoms. The number of carbonyl (C=O) groups excluding carboxylic acids is 1. The molecule has 0 saturated heterocycles. The van der Waals surface area contributed by atoms with Crippen LogP contribution in [-0.2, 0) is 9.53 Å². The van der Waals surface area contributed by atoms with Gasteiger partial charge in [-0.3, -0.25) is 0 Å². The minimum absolute atomic E-state index is 0.0784. The van der Waals surface area contributed by atoms with Crippen molar-refractivity contribution in [3.05, 3.63) is 22.8 Å². The third-order valence-electron chi connectivity index (χ3n) is 5.26. The van der Waals surface area contributed by atoms with Gasteiger partial charge in [-0.1, -0.05) is 19.4 Å². The zero-order valence-corrected chi connectivity index (χ0v) is 11.2. The molecule has 1 fully saturated rings. The summed E-state index contributed by atoms with van der Waals surface area (Å²) < 4.78 is 5.16. The minimum atomic E-state index is -1.45. The first-order valence-corrected chi connectivity index (χ1v) is 6.75. The standard InChI is InChI=1S/C15H20O3/c1-9-5-4-6-11-7-15(17)12(8-14(9,11)3)10(2)13(16)18-15/h7,9,17H,4-6,8H2,1-3H3/t9-,14+,15+/m0/s1. The van der Waals surface area contributed by atoms with Crippen molar-refractivity contribution in [2.45, 2.75) is 52.2 Å². The molecule has 3 heteroatoms. The molecular formula is C15H20O3. The maximum Gasteiger partial charge on any atom is 0.336 e. The maximum absolute atomic E-state index is 11.7. The summed E-state index contributed by atoms with van der Waals surface area (Å²) in [6.45, 7) is 6.28. The van der Waals surface area contributed by atoms with Crippen LogP contribution in [0.2, 0.25) is 0 Å². The number of allylic oxidation sites excluding steroid dienone is 1. The number of carbonyl (C=O) groups is 1. The summed E-state index contributed by atoms with van der Waals surface area (Å²) in [4.78, 5) is 11.7. The van der Waals surface area contributed by atoms with E-state index in [0.29, 0.717) is 11.5 Å². The summed E-state index contributed by atoms with van der Waals surface area (Å²) >= 11 is 0. The number of rotatable bonds is 0. The summed E-state index contributed by atoms with van der Waals surface area (Å²) in [6, 6.07) is 0. The lowest BCUT2D eigenvalue weighted by Crippen LogP contribution is -2.42. The second kappa shape index (κ2) is 3.47. The molecule has 0 spiro atoms. The zero-order valence-electron chi connectivity index (χ0n) is 11.2. The van der Waals surface area contributed by atoms with E-state index >= 15 is 0 Å². The quantitative estimate of drug-likeness (QED) is 0.529. The summed E-state index contributed by atoms with van der Waals surface area (Å²) in [5.74, 6) is -1.25. The first kappa shape index (κ1) is 12.0. The lowest BCUT2D eigenvalue weighted by molar-refractivity contribution is -0.169. The van der Waals surface area contributed by atoms with Crippen LogP contribution in [0.25, 0.3) is 0 Å². The largest absolute Gasteiger partial charge is 0.422 e. The predicted octanol–water partition coefficient (Wildman–Crippen LogP) is 2.70. The van der Waals surface area contributed by atoms with Gasteiger partial charge in [0, 0.05) is 11.1 Å². The summed E-state index contributed by atoms with van der Waals surface area (Å²) in [7, 11) is 0. The summed E-state index contributed by atoms with van der Waals surface area (Å²) in [6.07, 6.45) is 5.93. The van der Waals surface area contributed by atoms with Crippen molar-refractivity contribution >= 4 is 5.97 Å². The summed E-state index contributed by atoms with van der Waals surface area (Å²) in [5, 5.41) is 10.5. The zero-order chi connectivity index (χ0) is 13.1. The van der Waals surface area contributed by atoms with Gasteiger partial charge in [0.15, 0.2) is 0 Å². The fourth-order valence-electron chi connectivity index (χ4n) is 3.69. The van der Waals surface area contributed by atoms with Crippen LogP contribution in [0.3, 0.4) is 0 Å². The molecule has 3 rings (SSSR count). The Labute approximate surface area is 108 Å². The fraction of sp³-hybridized carbons (Fsp3) is 0.667. The fourth-order valence-corrected chi connectivity index (χ4v) is 3.69. The molecule has 1 aliphatic heterocycles. The van der Waals surface area contributed by atoms with E-state index < -0.39 is 5.79 Å². The van der Waals surface area contributed by atoms with Crippen LogP contribution >= 0.6 is 0 Å². The minimum Gasteiger partial charge on any atom is -0.422 e. The molecule has 0 aromatic rings. The highest BCUT2D eigenvalue weighted by Crippen LogP contribution is 2.56. The van der Waals surface area contributed by atoms with Crippen LogP contribution in [-0.4, -0.2) is 16.9 Å². The highest BCUT2D eigenvalue weighted by Gasteiger charge is 2.52. The number of esters is 1. The van der Waals surface area contributed by atoms with Gasteiger partial charge >= 0.3 is 5.97 Å². The van der Waals surface area contributed by atoms with Crippen LogP contribution in [0.15, 0.2) is 22.8 Å². The Morgan fingerprint density at radius 1 is 1.50 bits per heavy atom. The Bertz CT molecular complexity index is 488. The molecule has 1 saturated carbocycles. The van der Waals surface area contributed by atoms with Gasteiger partial charge in [0.25, 0.3) is 5.79 Å². The van der Waals surface area contributed by atoms with Crippen LogP contribution in [0, 0.1) is 11.3 Å². The van der Waals surface area contributed by atoms with E-state index in [1.807, 2.05) is 0 Å². The Morgan fingerprint density at radius 3 is 2.94 bits per heavy atom. The van der Waals surface area contributed by atoms with Crippen molar-refractivity contribution in [1.82, 2.24) is 0 Å². The van der Waals surface area contributed by atoms with Crippen molar-refractivity contribution in [3.8, 4) is 0 Å². The first-order chi connectivity index (χ1) is 8.37. The third-order valence-corrected chi connectivity index (χ3v) is 5.26. The monoisotopic (exact) mass is 248 g/mol. The van der Waals surface area contributed by atoms with Gasteiger partial charge in [-0.05, 0) is 50.0 Å². The van der Waals surface area contributed by atoms with Crippen molar-refractivity contribution in [2.75, 3.05) is 0 Å². The molecule has 3 aliphatic rings. The smallest absolute Gasteiger partial charge is 0.336 e. The molecule has 1 heterocycles. The van der Waals surface area contributed by atoms with Gasteiger partial charge in [-0.2, -0.15) is 0 Å².